The quantitative estimate of drug-likeness (QED) is 0.840. The molecule has 0 aliphatic carbocycles. The van der Waals surface area contributed by atoms with Gasteiger partial charge in [0, 0.05) is 12.3 Å². The molecular formula is C15H13FN2O2. The first-order valence-corrected chi connectivity index (χ1v) is 5.98. The van der Waals surface area contributed by atoms with E-state index >= 15 is 0 Å². The monoisotopic (exact) mass is 272 g/mol. The number of anilines is 1. The van der Waals surface area contributed by atoms with E-state index in [0.29, 0.717) is 11.4 Å². The average Bonchev–Trinajstić information content (AvgIpc) is 2.47. The van der Waals surface area contributed by atoms with Gasteiger partial charge < -0.3 is 10.4 Å². The highest BCUT2D eigenvalue weighted by Gasteiger charge is 2.00. The van der Waals surface area contributed by atoms with E-state index in [4.69, 9.17) is 5.11 Å². The first kappa shape index (κ1) is 13.9. The molecule has 1 heterocycles. The minimum absolute atomic E-state index is 0.114. The summed E-state index contributed by atoms with van der Waals surface area (Å²) in [7, 11) is 0. The Balaban J connectivity index is 1.99. The van der Waals surface area contributed by atoms with Crippen LogP contribution in [0.25, 0.3) is 6.08 Å². The number of aliphatic hydroxyl groups excluding tert-OH is 1. The number of hydrogen-bond donors (Lipinski definition) is 2. The van der Waals surface area contributed by atoms with Crippen LogP contribution in [-0.4, -0.2) is 16.0 Å². The molecule has 0 spiro atoms. The van der Waals surface area contributed by atoms with Crippen molar-refractivity contribution >= 4 is 17.8 Å². The van der Waals surface area contributed by atoms with Crippen molar-refractivity contribution in [2.75, 3.05) is 5.32 Å². The number of amides is 1. The number of carbonyl (C=O) groups is 1. The number of pyridine rings is 1. The summed E-state index contributed by atoms with van der Waals surface area (Å²) in [4.78, 5) is 15.6. The Hall–Kier alpha value is -2.53. The maximum absolute atomic E-state index is 12.7. The molecule has 0 saturated heterocycles. The molecule has 2 N–H and O–H groups in total. The van der Waals surface area contributed by atoms with Crippen molar-refractivity contribution in [3.63, 3.8) is 0 Å². The molecule has 0 atom stereocenters. The molecule has 5 heteroatoms. The van der Waals surface area contributed by atoms with E-state index in [9.17, 15) is 9.18 Å². The number of nitrogens with zero attached hydrogens (tertiary/aromatic N) is 1. The number of aromatic nitrogens is 1. The van der Waals surface area contributed by atoms with Crippen LogP contribution in [-0.2, 0) is 11.4 Å². The van der Waals surface area contributed by atoms with Crippen LogP contribution < -0.4 is 5.32 Å². The Labute approximate surface area is 115 Å². The Morgan fingerprint density at radius 1 is 1.30 bits per heavy atom. The molecule has 0 unspecified atom stereocenters. The lowest BCUT2D eigenvalue weighted by Crippen LogP contribution is -2.09. The molecule has 0 bridgehead atoms. The molecule has 20 heavy (non-hydrogen) atoms. The zero-order valence-electron chi connectivity index (χ0n) is 10.6. The highest BCUT2D eigenvalue weighted by molar-refractivity contribution is 6.01. The van der Waals surface area contributed by atoms with Gasteiger partial charge in [0.15, 0.2) is 0 Å². The van der Waals surface area contributed by atoms with Gasteiger partial charge in [-0.25, -0.2) is 9.37 Å². The van der Waals surface area contributed by atoms with E-state index in [2.05, 4.69) is 10.3 Å². The Bertz CT molecular complexity index is 624. The van der Waals surface area contributed by atoms with Crippen molar-refractivity contribution in [2.24, 2.45) is 0 Å². The molecule has 102 valence electrons. The maximum Gasteiger partial charge on any atom is 0.249 e. The molecule has 0 saturated carbocycles. The normalized spacial score (nSPS) is 10.7. The third kappa shape index (κ3) is 4.00. The molecular weight excluding hydrogens is 259 g/mol. The molecule has 0 aliphatic heterocycles. The van der Waals surface area contributed by atoms with Crippen LogP contribution in [0.2, 0.25) is 0 Å². The van der Waals surface area contributed by atoms with Gasteiger partial charge in [-0.05, 0) is 41.5 Å². The largest absolute Gasteiger partial charge is 0.392 e. The standard InChI is InChI=1S/C15H13FN2O2/c16-13-4-1-11(2-5-13)3-6-15(20)18-14-9-12(10-19)7-8-17-14/h1-9,19H,10H2,(H,17,18,20)/b6-3+. The van der Waals surface area contributed by atoms with Gasteiger partial charge in [-0.3, -0.25) is 4.79 Å². The zero-order chi connectivity index (χ0) is 14.4. The average molecular weight is 272 g/mol. The number of halogens is 1. The van der Waals surface area contributed by atoms with E-state index in [1.807, 2.05) is 0 Å². The van der Waals surface area contributed by atoms with E-state index < -0.39 is 0 Å². The molecule has 1 aromatic carbocycles. The van der Waals surface area contributed by atoms with E-state index in [0.717, 1.165) is 5.56 Å². The van der Waals surface area contributed by atoms with Crippen molar-refractivity contribution in [3.8, 4) is 0 Å². The van der Waals surface area contributed by atoms with Crippen LogP contribution in [0.5, 0.6) is 0 Å². The van der Waals surface area contributed by atoms with Crippen molar-refractivity contribution in [1.82, 2.24) is 4.98 Å². The smallest absolute Gasteiger partial charge is 0.249 e. The predicted molar refractivity (Wildman–Crippen MR) is 74.2 cm³/mol. The molecule has 4 nitrogen and oxygen atoms in total. The van der Waals surface area contributed by atoms with E-state index in [1.54, 1.807) is 30.3 Å². The predicted octanol–water partition coefficient (Wildman–Crippen LogP) is 2.36. The number of hydrogen-bond acceptors (Lipinski definition) is 3. The SMILES string of the molecule is O=C(/C=C/c1ccc(F)cc1)Nc1cc(CO)ccn1. The van der Waals surface area contributed by atoms with Crippen LogP contribution >= 0.6 is 0 Å². The molecule has 1 aromatic heterocycles. The van der Waals surface area contributed by atoms with Crippen molar-refractivity contribution in [2.45, 2.75) is 6.61 Å². The first-order chi connectivity index (χ1) is 9.67. The van der Waals surface area contributed by atoms with Crippen LogP contribution in [0.1, 0.15) is 11.1 Å². The van der Waals surface area contributed by atoms with Crippen molar-refractivity contribution in [3.05, 3.63) is 65.6 Å². The molecule has 0 aliphatic rings. The summed E-state index contributed by atoms with van der Waals surface area (Å²) in [6, 6.07) is 9.04. The molecule has 2 aromatic rings. The van der Waals surface area contributed by atoms with Gasteiger partial charge in [-0.15, -0.1) is 0 Å². The second-order valence-corrected chi connectivity index (χ2v) is 4.08. The minimum Gasteiger partial charge on any atom is -0.392 e. The topological polar surface area (TPSA) is 62.2 Å². The Kier molecular flexibility index (Phi) is 4.57. The van der Waals surface area contributed by atoms with Gasteiger partial charge in [-0.1, -0.05) is 12.1 Å². The highest BCUT2D eigenvalue weighted by Crippen LogP contribution is 2.08. The van der Waals surface area contributed by atoms with Crippen LogP contribution in [0.15, 0.2) is 48.7 Å². The van der Waals surface area contributed by atoms with Crippen LogP contribution in [0, 0.1) is 5.82 Å². The maximum atomic E-state index is 12.7. The van der Waals surface area contributed by atoms with Gasteiger partial charge >= 0.3 is 0 Å². The second kappa shape index (κ2) is 6.58. The summed E-state index contributed by atoms with van der Waals surface area (Å²) in [5, 5.41) is 11.6. The van der Waals surface area contributed by atoms with Crippen LogP contribution in [0.3, 0.4) is 0 Å². The molecule has 0 radical (unpaired) electrons. The second-order valence-electron chi connectivity index (χ2n) is 4.08. The highest BCUT2D eigenvalue weighted by atomic mass is 19.1. The van der Waals surface area contributed by atoms with E-state index in [1.165, 1.54) is 24.4 Å². The third-order valence-electron chi connectivity index (χ3n) is 2.56. The van der Waals surface area contributed by atoms with Gasteiger partial charge in [0.2, 0.25) is 5.91 Å². The summed E-state index contributed by atoms with van der Waals surface area (Å²) in [5.41, 5.74) is 1.39. The number of aliphatic hydroxyl groups is 1. The fourth-order valence-corrected chi connectivity index (χ4v) is 1.55. The number of nitrogens with one attached hydrogen (secondary N) is 1. The first-order valence-electron chi connectivity index (χ1n) is 5.98. The zero-order valence-corrected chi connectivity index (χ0v) is 10.6. The van der Waals surface area contributed by atoms with Gasteiger partial charge in [0.1, 0.15) is 11.6 Å². The summed E-state index contributed by atoms with van der Waals surface area (Å²) >= 11 is 0. The van der Waals surface area contributed by atoms with Crippen LogP contribution in [0.4, 0.5) is 10.2 Å². The van der Waals surface area contributed by atoms with Crippen molar-refractivity contribution in [1.29, 1.82) is 0 Å². The third-order valence-corrected chi connectivity index (χ3v) is 2.56. The number of rotatable bonds is 4. The summed E-state index contributed by atoms with van der Waals surface area (Å²) in [6.07, 6.45) is 4.41. The lowest BCUT2D eigenvalue weighted by atomic mass is 10.2. The molecule has 2 rings (SSSR count). The Morgan fingerprint density at radius 2 is 2.05 bits per heavy atom. The van der Waals surface area contributed by atoms with Gasteiger partial charge in [0.25, 0.3) is 0 Å². The molecule has 1 amide bonds. The molecule has 0 fully saturated rings. The fraction of sp³-hybridized carbons (Fsp3) is 0.0667. The lowest BCUT2D eigenvalue weighted by Gasteiger charge is -2.02. The summed E-state index contributed by atoms with van der Waals surface area (Å²) in [5.74, 6) is -0.307. The number of benzene rings is 1. The summed E-state index contributed by atoms with van der Waals surface area (Å²) < 4.78 is 12.7. The van der Waals surface area contributed by atoms with E-state index in [-0.39, 0.29) is 18.3 Å². The summed E-state index contributed by atoms with van der Waals surface area (Å²) in [6.45, 7) is -0.114. The lowest BCUT2D eigenvalue weighted by molar-refractivity contribution is -0.111. The van der Waals surface area contributed by atoms with Gasteiger partial charge in [0.05, 0.1) is 6.61 Å². The fourth-order valence-electron chi connectivity index (χ4n) is 1.55. The Morgan fingerprint density at radius 3 is 2.75 bits per heavy atom. The van der Waals surface area contributed by atoms with Gasteiger partial charge in [-0.2, -0.15) is 0 Å². The number of carbonyl (C=O) groups excluding carboxylic acids is 1. The minimum atomic E-state index is -0.350. The van der Waals surface area contributed by atoms with Crippen molar-refractivity contribution < 1.29 is 14.3 Å².